The van der Waals surface area contributed by atoms with Crippen LogP contribution in [-0.4, -0.2) is 7.11 Å². The predicted molar refractivity (Wildman–Crippen MR) is 111 cm³/mol. The van der Waals surface area contributed by atoms with Crippen molar-refractivity contribution in [3.05, 3.63) is 138 Å². The smallest absolute Gasteiger partial charge is 0.118 e. The normalized spacial score (nSPS) is 11.1. The van der Waals surface area contributed by atoms with E-state index in [0.717, 1.165) is 5.75 Å². The molecule has 0 bridgehead atoms. The number of ether oxygens (including phenoxy) is 1. The van der Waals surface area contributed by atoms with Crippen LogP contribution in [0.25, 0.3) is 0 Å². The van der Waals surface area contributed by atoms with Crippen LogP contribution in [0.3, 0.4) is 0 Å². The first-order valence-electron chi connectivity index (χ1n) is 9.17. The van der Waals surface area contributed by atoms with Gasteiger partial charge >= 0.3 is 0 Å². The van der Waals surface area contributed by atoms with Crippen LogP contribution in [0.15, 0.2) is 115 Å². The molecule has 0 spiro atoms. The zero-order valence-corrected chi connectivity index (χ0v) is 15.4. The summed E-state index contributed by atoms with van der Waals surface area (Å²) in [6.07, 6.45) is 0. The first kappa shape index (κ1) is 17.1. The average molecular weight is 350 g/mol. The molecule has 0 aliphatic heterocycles. The maximum Gasteiger partial charge on any atom is 0.118 e. The molecule has 0 unspecified atom stereocenters. The first-order chi connectivity index (χ1) is 13.4. The molecule has 132 valence electrons. The molecular weight excluding hydrogens is 328 g/mol. The summed E-state index contributed by atoms with van der Waals surface area (Å²) in [5.41, 5.74) is 4.55. The lowest BCUT2D eigenvalue weighted by Crippen LogP contribution is -2.30. The van der Waals surface area contributed by atoms with Crippen LogP contribution in [0.5, 0.6) is 5.75 Å². The third-order valence-electron chi connectivity index (χ3n) is 5.14. The minimum atomic E-state index is -0.393. The van der Waals surface area contributed by atoms with Crippen molar-refractivity contribution >= 4 is 0 Å². The van der Waals surface area contributed by atoms with E-state index >= 15 is 0 Å². The molecular formula is C26H22O. The topological polar surface area (TPSA) is 9.23 Å². The van der Waals surface area contributed by atoms with Crippen LogP contribution >= 0.6 is 0 Å². The molecule has 0 fully saturated rings. The summed E-state index contributed by atoms with van der Waals surface area (Å²) in [6.45, 7) is 0. The largest absolute Gasteiger partial charge is 0.497 e. The Bertz CT molecular complexity index is 878. The van der Waals surface area contributed by atoms with E-state index in [0.29, 0.717) is 0 Å². The van der Waals surface area contributed by atoms with Crippen LogP contribution in [0.4, 0.5) is 0 Å². The van der Waals surface area contributed by atoms with Gasteiger partial charge in [0, 0.05) is 0 Å². The van der Waals surface area contributed by atoms with E-state index < -0.39 is 5.41 Å². The van der Waals surface area contributed by atoms with Crippen LogP contribution < -0.4 is 4.74 Å². The van der Waals surface area contributed by atoms with E-state index in [1.807, 2.05) is 12.1 Å². The lowest BCUT2D eigenvalue weighted by molar-refractivity contribution is 0.414. The van der Waals surface area contributed by atoms with E-state index in [-0.39, 0.29) is 0 Å². The number of hydrogen-bond acceptors (Lipinski definition) is 1. The Morgan fingerprint density at radius 2 is 0.778 bits per heavy atom. The maximum atomic E-state index is 5.40. The number of methoxy groups -OCH3 is 1. The molecule has 4 rings (SSSR count). The minimum absolute atomic E-state index is 0.393. The summed E-state index contributed by atoms with van der Waals surface area (Å²) in [6, 6.07) is 40.6. The highest BCUT2D eigenvalue weighted by Gasteiger charge is 2.37. The average Bonchev–Trinajstić information content (AvgIpc) is 2.77. The minimum Gasteiger partial charge on any atom is -0.497 e. The molecule has 0 N–H and O–H groups in total. The third kappa shape index (κ3) is 3.02. The second-order valence-corrected chi connectivity index (χ2v) is 6.58. The fraction of sp³-hybridized carbons (Fsp3) is 0.0769. The highest BCUT2D eigenvalue weighted by Crippen LogP contribution is 2.45. The molecule has 0 saturated heterocycles. The Labute approximate surface area is 160 Å². The molecule has 0 aliphatic carbocycles. The van der Waals surface area contributed by atoms with Gasteiger partial charge in [0.15, 0.2) is 0 Å². The van der Waals surface area contributed by atoms with Gasteiger partial charge in [-0.15, -0.1) is 0 Å². The van der Waals surface area contributed by atoms with Gasteiger partial charge in [0.2, 0.25) is 0 Å². The molecule has 0 radical (unpaired) electrons. The molecule has 0 aromatic heterocycles. The van der Waals surface area contributed by atoms with E-state index in [1.54, 1.807) is 7.11 Å². The van der Waals surface area contributed by atoms with Gasteiger partial charge in [0.1, 0.15) is 5.75 Å². The number of rotatable bonds is 5. The summed E-state index contributed by atoms with van der Waals surface area (Å²) >= 11 is 0. The van der Waals surface area contributed by atoms with Crippen molar-refractivity contribution in [2.45, 2.75) is 5.41 Å². The summed E-state index contributed by atoms with van der Waals surface area (Å²) in [4.78, 5) is 0. The highest BCUT2D eigenvalue weighted by molar-refractivity contribution is 5.60. The van der Waals surface area contributed by atoms with Crippen LogP contribution in [-0.2, 0) is 5.41 Å². The molecule has 4 aromatic rings. The Balaban J connectivity index is 2.09. The molecule has 4 aromatic carbocycles. The maximum absolute atomic E-state index is 5.40. The van der Waals surface area contributed by atoms with Crippen molar-refractivity contribution in [2.75, 3.05) is 7.11 Å². The zero-order chi connectivity index (χ0) is 18.5. The van der Waals surface area contributed by atoms with Crippen molar-refractivity contribution < 1.29 is 4.74 Å². The Hall–Kier alpha value is -3.32. The van der Waals surface area contributed by atoms with Crippen LogP contribution in [0, 0.1) is 0 Å². The number of hydrogen-bond donors (Lipinski definition) is 0. The number of benzene rings is 4. The SMILES string of the molecule is COc1ccc(C(c2ccccc2)(c2ccccc2)c2ccccc2)cc1. The fourth-order valence-electron chi connectivity index (χ4n) is 3.91. The first-order valence-corrected chi connectivity index (χ1v) is 9.17. The van der Waals surface area contributed by atoms with Crippen LogP contribution in [0.2, 0.25) is 0 Å². The van der Waals surface area contributed by atoms with Crippen molar-refractivity contribution in [1.82, 2.24) is 0 Å². The molecule has 1 heteroatoms. The Morgan fingerprint density at radius 3 is 1.11 bits per heavy atom. The second kappa shape index (κ2) is 7.51. The monoisotopic (exact) mass is 350 g/mol. The van der Waals surface area contributed by atoms with E-state index in [2.05, 4.69) is 103 Å². The van der Waals surface area contributed by atoms with Gasteiger partial charge in [-0.05, 0) is 34.4 Å². The van der Waals surface area contributed by atoms with Gasteiger partial charge in [-0.25, -0.2) is 0 Å². The third-order valence-corrected chi connectivity index (χ3v) is 5.14. The van der Waals surface area contributed by atoms with Crippen molar-refractivity contribution in [2.24, 2.45) is 0 Å². The second-order valence-electron chi connectivity index (χ2n) is 6.58. The van der Waals surface area contributed by atoms with E-state index in [1.165, 1.54) is 22.3 Å². The quantitative estimate of drug-likeness (QED) is 0.396. The summed E-state index contributed by atoms with van der Waals surface area (Å²) < 4.78 is 5.40. The van der Waals surface area contributed by atoms with Gasteiger partial charge in [-0.1, -0.05) is 103 Å². The molecule has 0 aliphatic rings. The molecule has 0 atom stereocenters. The van der Waals surface area contributed by atoms with E-state index in [4.69, 9.17) is 4.74 Å². The lowest BCUT2D eigenvalue weighted by Gasteiger charge is -2.36. The summed E-state index contributed by atoms with van der Waals surface area (Å²) in [5, 5.41) is 0. The molecule has 0 saturated carbocycles. The Kier molecular flexibility index (Phi) is 4.76. The molecule has 1 nitrogen and oxygen atoms in total. The van der Waals surface area contributed by atoms with Crippen molar-refractivity contribution in [3.63, 3.8) is 0 Å². The van der Waals surface area contributed by atoms with E-state index in [9.17, 15) is 0 Å². The standard InChI is InChI=1S/C26H22O/c1-27-25-19-17-24(18-20-25)26(21-11-5-2-6-12-21,22-13-7-3-8-14-22)23-15-9-4-10-16-23/h2-20H,1H3. The Morgan fingerprint density at radius 1 is 0.444 bits per heavy atom. The highest BCUT2D eigenvalue weighted by atomic mass is 16.5. The van der Waals surface area contributed by atoms with Crippen molar-refractivity contribution in [3.8, 4) is 5.75 Å². The van der Waals surface area contributed by atoms with Gasteiger partial charge in [0.05, 0.1) is 12.5 Å². The van der Waals surface area contributed by atoms with Gasteiger partial charge in [0.25, 0.3) is 0 Å². The predicted octanol–water partition coefficient (Wildman–Crippen LogP) is 6.08. The van der Waals surface area contributed by atoms with Crippen LogP contribution in [0.1, 0.15) is 22.3 Å². The fourth-order valence-corrected chi connectivity index (χ4v) is 3.91. The lowest BCUT2D eigenvalue weighted by atomic mass is 9.65. The van der Waals surface area contributed by atoms with Gasteiger partial charge in [-0.2, -0.15) is 0 Å². The zero-order valence-electron chi connectivity index (χ0n) is 15.4. The molecule has 27 heavy (non-hydrogen) atoms. The van der Waals surface area contributed by atoms with Gasteiger partial charge < -0.3 is 4.74 Å². The van der Waals surface area contributed by atoms with Gasteiger partial charge in [-0.3, -0.25) is 0 Å². The molecule has 0 heterocycles. The summed E-state index contributed by atoms with van der Waals surface area (Å²) in [5.74, 6) is 0.863. The van der Waals surface area contributed by atoms with Crippen molar-refractivity contribution in [1.29, 1.82) is 0 Å². The molecule has 0 amide bonds. The summed E-state index contributed by atoms with van der Waals surface area (Å²) in [7, 11) is 1.70.